The summed E-state index contributed by atoms with van der Waals surface area (Å²) in [7, 11) is 0. The van der Waals surface area contributed by atoms with Crippen LogP contribution < -0.4 is 10.6 Å². The molecule has 0 unspecified atom stereocenters. The molecule has 0 aliphatic heterocycles. The number of hydrogen-bond acceptors (Lipinski definition) is 5. The fourth-order valence-electron chi connectivity index (χ4n) is 2.00. The van der Waals surface area contributed by atoms with E-state index in [1.807, 2.05) is 0 Å². The number of hydrogen-bond donors (Lipinski definition) is 2. The molecular formula is C11H15F3N4O2. The molecule has 0 atom stereocenters. The molecule has 1 aliphatic rings. The van der Waals surface area contributed by atoms with Crippen molar-refractivity contribution in [2.24, 2.45) is 0 Å². The van der Waals surface area contributed by atoms with Crippen molar-refractivity contribution < 1.29 is 22.6 Å². The van der Waals surface area contributed by atoms with Gasteiger partial charge >= 0.3 is 6.18 Å². The Balaban J connectivity index is 1.65. The van der Waals surface area contributed by atoms with Crippen LogP contribution in [0.3, 0.4) is 0 Å². The molecule has 0 aromatic carbocycles. The Labute approximate surface area is 113 Å². The summed E-state index contributed by atoms with van der Waals surface area (Å²) >= 11 is 0. The van der Waals surface area contributed by atoms with Crippen molar-refractivity contribution in [1.82, 2.24) is 20.9 Å². The van der Waals surface area contributed by atoms with E-state index in [2.05, 4.69) is 25.6 Å². The second-order valence-corrected chi connectivity index (χ2v) is 4.90. The van der Waals surface area contributed by atoms with Gasteiger partial charge in [-0.1, -0.05) is 10.3 Å². The minimum atomic E-state index is -4.20. The van der Waals surface area contributed by atoms with Crippen LogP contribution in [0.4, 0.5) is 13.2 Å². The van der Waals surface area contributed by atoms with Gasteiger partial charge < -0.3 is 10.6 Å². The molecule has 20 heavy (non-hydrogen) atoms. The molecule has 1 heterocycles. The number of nitrogens with one attached hydrogen (secondary N) is 2. The highest BCUT2D eigenvalue weighted by Crippen LogP contribution is 2.22. The minimum Gasteiger partial charge on any atom is -0.353 e. The van der Waals surface area contributed by atoms with E-state index in [1.54, 1.807) is 6.92 Å². The van der Waals surface area contributed by atoms with E-state index in [-0.39, 0.29) is 24.4 Å². The second-order valence-electron chi connectivity index (χ2n) is 4.90. The largest absolute Gasteiger partial charge is 0.401 e. The number of alkyl halides is 3. The fraction of sp³-hybridized carbons (Fsp3) is 0.727. The zero-order valence-corrected chi connectivity index (χ0v) is 10.8. The lowest BCUT2D eigenvalue weighted by molar-refractivity contribution is -0.129. The number of halogens is 3. The average molecular weight is 292 g/mol. The first-order chi connectivity index (χ1) is 9.33. The van der Waals surface area contributed by atoms with Gasteiger partial charge in [0.25, 0.3) is 0 Å². The van der Waals surface area contributed by atoms with Gasteiger partial charge in [-0.05, 0) is 19.8 Å². The fourth-order valence-corrected chi connectivity index (χ4v) is 2.00. The van der Waals surface area contributed by atoms with Crippen molar-refractivity contribution in [3.8, 4) is 0 Å². The molecule has 0 radical (unpaired) electrons. The molecule has 2 N–H and O–H groups in total. The zero-order chi connectivity index (χ0) is 14.8. The van der Waals surface area contributed by atoms with E-state index in [4.69, 9.17) is 0 Å². The van der Waals surface area contributed by atoms with Crippen LogP contribution in [0.5, 0.6) is 0 Å². The molecule has 2 rings (SSSR count). The maximum atomic E-state index is 12.0. The summed E-state index contributed by atoms with van der Waals surface area (Å²) in [5, 5.41) is 12.3. The Kier molecular flexibility index (Phi) is 4.26. The van der Waals surface area contributed by atoms with Crippen LogP contribution in [0, 0.1) is 6.92 Å². The predicted octanol–water partition coefficient (Wildman–Crippen LogP) is 0.720. The number of aryl methyl sites for hydroxylation is 1. The van der Waals surface area contributed by atoms with Crippen LogP contribution in [0.1, 0.15) is 24.2 Å². The van der Waals surface area contributed by atoms with Gasteiger partial charge in [-0.15, -0.1) is 0 Å². The summed E-state index contributed by atoms with van der Waals surface area (Å²) in [4.78, 5) is 11.7. The highest BCUT2D eigenvalue weighted by molar-refractivity contribution is 5.78. The zero-order valence-electron chi connectivity index (χ0n) is 10.8. The van der Waals surface area contributed by atoms with Gasteiger partial charge in [-0.3, -0.25) is 4.79 Å². The van der Waals surface area contributed by atoms with Gasteiger partial charge in [0.2, 0.25) is 5.91 Å². The third kappa shape index (κ3) is 4.19. The van der Waals surface area contributed by atoms with Gasteiger partial charge in [0.15, 0.2) is 0 Å². The molecule has 0 spiro atoms. The average Bonchev–Trinajstić information content (AvgIpc) is 2.66. The van der Waals surface area contributed by atoms with Crippen molar-refractivity contribution >= 4 is 5.91 Å². The molecule has 1 aromatic heterocycles. The van der Waals surface area contributed by atoms with Crippen molar-refractivity contribution in [3.63, 3.8) is 0 Å². The van der Waals surface area contributed by atoms with Crippen LogP contribution in [0.15, 0.2) is 4.63 Å². The van der Waals surface area contributed by atoms with Gasteiger partial charge in [-0.25, -0.2) is 4.63 Å². The topological polar surface area (TPSA) is 80.0 Å². The molecule has 1 aliphatic carbocycles. The summed E-state index contributed by atoms with van der Waals surface area (Å²) in [6.45, 7) is 0.682. The molecule has 1 amide bonds. The van der Waals surface area contributed by atoms with Crippen LogP contribution in [0.2, 0.25) is 0 Å². The molecule has 1 aromatic rings. The first kappa shape index (κ1) is 14.8. The lowest BCUT2D eigenvalue weighted by Gasteiger charge is -2.36. The third-order valence-corrected chi connectivity index (χ3v) is 3.17. The van der Waals surface area contributed by atoms with Crippen LogP contribution in [-0.4, -0.2) is 41.0 Å². The summed E-state index contributed by atoms with van der Waals surface area (Å²) in [6, 6.07) is -0.286. The first-order valence-corrected chi connectivity index (χ1v) is 6.21. The first-order valence-electron chi connectivity index (χ1n) is 6.21. The number of amides is 1. The molecule has 1 fully saturated rings. The Bertz CT molecular complexity index is 468. The summed E-state index contributed by atoms with van der Waals surface area (Å²) in [5.74, 6) is -0.233. The molecule has 0 bridgehead atoms. The monoisotopic (exact) mass is 292 g/mol. The van der Waals surface area contributed by atoms with Crippen LogP contribution >= 0.6 is 0 Å². The maximum Gasteiger partial charge on any atom is 0.401 e. The Hall–Kier alpha value is -1.64. The molecule has 0 saturated heterocycles. The molecule has 112 valence electrons. The van der Waals surface area contributed by atoms with E-state index in [0.29, 0.717) is 24.2 Å². The number of nitrogens with zero attached hydrogens (tertiary/aromatic N) is 2. The van der Waals surface area contributed by atoms with Crippen molar-refractivity contribution in [2.45, 2.75) is 44.4 Å². The predicted molar refractivity (Wildman–Crippen MR) is 61.7 cm³/mol. The van der Waals surface area contributed by atoms with Crippen LogP contribution in [0.25, 0.3) is 0 Å². The SMILES string of the molecule is Cc1nonc1CC(=O)NC1CC(NCC(F)(F)F)C1. The summed E-state index contributed by atoms with van der Waals surface area (Å²) in [6.07, 6.45) is -3.14. The highest BCUT2D eigenvalue weighted by atomic mass is 19.4. The molecular weight excluding hydrogens is 277 g/mol. The molecule has 9 heteroatoms. The normalized spacial score (nSPS) is 22.4. The second kappa shape index (κ2) is 5.78. The van der Waals surface area contributed by atoms with Crippen molar-refractivity contribution in [3.05, 3.63) is 11.4 Å². The standard InChI is InChI=1S/C11H15F3N4O2/c1-6-9(18-20-17-6)4-10(19)16-8-2-7(3-8)15-5-11(12,13)14/h7-8,15H,2-5H2,1H3,(H,16,19). The van der Waals surface area contributed by atoms with E-state index < -0.39 is 12.7 Å². The minimum absolute atomic E-state index is 0.0620. The van der Waals surface area contributed by atoms with E-state index in [0.717, 1.165) is 0 Å². The van der Waals surface area contributed by atoms with Crippen LogP contribution in [-0.2, 0) is 11.2 Å². The summed E-state index contributed by atoms with van der Waals surface area (Å²) in [5.41, 5.74) is 1.02. The Morgan fingerprint density at radius 1 is 1.35 bits per heavy atom. The smallest absolute Gasteiger partial charge is 0.353 e. The van der Waals surface area contributed by atoms with Gasteiger partial charge in [0.1, 0.15) is 11.4 Å². The number of aromatic nitrogens is 2. The van der Waals surface area contributed by atoms with Gasteiger partial charge in [0.05, 0.1) is 13.0 Å². The lowest BCUT2D eigenvalue weighted by atomic mass is 9.86. The van der Waals surface area contributed by atoms with E-state index in [1.165, 1.54) is 0 Å². The van der Waals surface area contributed by atoms with E-state index in [9.17, 15) is 18.0 Å². The van der Waals surface area contributed by atoms with Gasteiger partial charge in [-0.2, -0.15) is 13.2 Å². The van der Waals surface area contributed by atoms with Gasteiger partial charge in [0, 0.05) is 12.1 Å². The van der Waals surface area contributed by atoms with Crippen molar-refractivity contribution in [1.29, 1.82) is 0 Å². The number of rotatable bonds is 5. The number of carbonyl (C=O) groups excluding carboxylic acids is 1. The van der Waals surface area contributed by atoms with E-state index >= 15 is 0 Å². The molecule has 6 nitrogen and oxygen atoms in total. The Morgan fingerprint density at radius 3 is 2.60 bits per heavy atom. The number of carbonyl (C=O) groups is 1. The van der Waals surface area contributed by atoms with Crippen molar-refractivity contribution in [2.75, 3.05) is 6.54 Å². The third-order valence-electron chi connectivity index (χ3n) is 3.17. The lowest BCUT2D eigenvalue weighted by Crippen LogP contribution is -2.54. The maximum absolute atomic E-state index is 12.0. The highest BCUT2D eigenvalue weighted by Gasteiger charge is 2.34. The Morgan fingerprint density at radius 2 is 2.05 bits per heavy atom. The molecule has 1 saturated carbocycles. The summed E-state index contributed by atoms with van der Waals surface area (Å²) < 4.78 is 40.4. The quantitative estimate of drug-likeness (QED) is 0.836.